The molecule has 0 atom stereocenters. The number of nitriles is 1. The highest BCUT2D eigenvalue weighted by molar-refractivity contribution is 6.34. The van der Waals surface area contributed by atoms with Crippen LogP contribution in [-0.4, -0.2) is 62.9 Å². The Labute approximate surface area is 211 Å². The predicted octanol–water partition coefficient (Wildman–Crippen LogP) is 4.48. The maximum absolute atomic E-state index is 13.9. The van der Waals surface area contributed by atoms with Crippen molar-refractivity contribution in [3.8, 4) is 6.07 Å². The van der Waals surface area contributed by atoms with Crippen molar-refractivity contribution in [2.45, 2.75) is 50.1 Å². The van der Waals surface area contributed by atoms with Crippen LogP contribution < -0.4 is 10.6 Å². The summed E-state index contributed by atoms with van der Waals surface area (Å²) in [4.78, 5) is 11.2. The minimum atomic E-state index is -2.65. The Bertz CT molecular complexity index is 1330. The van der Waals surface area contributed by atoms with E-state index in [0.717, 1.165) is 52.0 Å². The van der Waals surface area contributed by atoms with Gasteiger partial charge in [0, 0.05) is 11.6 Å². The van der Waals surface area contributed by atoms with Gasteiger partial charge in [-0.2, -0.15) is 14.8 Å². The van der Waals surface area contributed by atoms with Crippen molar-refractivity contribution >= 4 is 34.7 Å². The van der Waals surface area contributed by atoms with Crippen LogP contribution in [0.3, 0.4) is 0 Å². The van der Waals surface area contributed by atoms with Crippen LogP contribution in [0.4, 0.5) is 26.2 Å². The largest absolute Gasteiger partial charge is 0.378 e. The van der Waals surface area contributed by atoms with E-state index in [9.17, 15) is 14.0 Å². The Morgan fingerprint density at radius 1 is 1.17 bits per heavy atom. The number of nitrogens with one attached hydrogen (secondary N) is 2. The molecule has 12 heteroatoms. The Hall–Kier alpha value is -3.07. The molecular formula is C24H25ClF2N8O. The lowest BCUT2D eigenvalue weighted by molar-refractivity contribution is -0.0712. The molecule has 3 fully saturated rings. The molecule has 36 heavy (non-hydrogen) atoms. The van der Waals surface area contributed by atoms with E-state index in [-0.39, 0.29) is 29.2 Å². The maximum Gasteiger partial charge on any atom is 0.263 e. The van der Waals surface area contributed by atoms with Gasteiger partial charge in [0.25, 0.3) is 6.43 Å². The normalized spacial score (nSPS) is 19.4. The van der Waals surface area contributed by atoms with E-state index >= 15 is 0 Å². The molecule has 0 bridgehead atoms. The number of rotatable bonds is 7. The number of likely N-dealkylation sites (tertiary alicyclic amines) is 1. The van der Waals surface area contributed by atoms with Crippen LogP contribution in [0.5, 0.6) is 0 Å². The Morgan fingerprint density at radius 3 is 2.58 bits per heavy atom. The van der Waals surface area contributed by atoms with E-state index < -0.39 is 6.43 Å². The zero-order chi connectivity index (χ0) is 24.8. The fraction of sp³-hybridized carbons (Fsp3) is 0.500. The number of benzene rings is 1. The number of ether oxygens (including phenoxy) is 1. The highest BCUT2D eigenvalue weighted by atomic mass is 35.5. The molecule has 0 radical (unpaired) electrons. The van der Waals surface area contributed by atoms with Crippen LogP contribution in [0.15, 0.2) is 18.3 Å². The van der Waals surface area contributed by atoms with E-state index in [4.69, 9.17) is 16.3 Å². The standard InChI is InChI=1S/C24H25ClF2N8O/c25-20-18(13-3-5-34(6-4-13)17-11-36-12-17)7-14(21(26)27)8-19(20)31-24-32-22(30-15-1-2-15)23-29-10-16(9-28)35(23)33-24/h7-8,10,13,15,17,21H,1-6,11-12H2,(H2,30,31,32,33). The Balaban J connectivity index is 1.32. The number of imidazole rings is 1. The molecule has 188 valence electrons. The minimum absolute atomic E-state index is 0.0725. The van der Waals surface area contributed by atoms with E-state index in [1.807, 2.05) is 0 Å². The van der Waals surface area contributed by atoms with Crippen molar-refractivity contribution < 1.29 is 13.5 Å². The maximum atomic E-state index is 13.9. The quantitative estimate of drug-likeness (QED) is 0.475. The Morgan fingerprint density at radius 2 is 1.94 bits per heavy atom. The molecule has 0 unspecified atom stereocenters. The smallest absolute Gasteiger partial charge is 0.263 e. The van der Waals surface area contributed by atoms with Gasteiger partial charge in [0.2, 0.25) is 5.95 Å². The number of hydrogen-bond donors (Lipinski definition) is 2. The number of fused-ring (bicyclic) bond motifs is 1. The van der Waals surface area contributed by atoms with Crippen LogP contribution in [0.2, 0.25) is 5.02 Å². The molecule has 6 rings (SSSR count). The molecule has 1 aliphatic carbocycles. The molecule has 4 heterocycles. The van der Waals surface area contributed by atoms with E-state index in [0.29, 0.717) is 33.8 Å². The zero-order valence-corrected chi connectivity index (χ0v) is 20.2. The van der Waals surface area contributed by atoms with Gasteiger partial charge in [-0.3, -0.25) is 4.90 Å². The first-order chi connectivity index (χ1) is 17.5. The number of piperidine rings is 1. The summed E-state index contributed by atoms with van der Waals surface area (Å²) in [5.41, 5.74) is 1.59. The third-order valence-electron chi connectivity index (χ3n) is 7.12. The summed E-state index contributed by atoms with van der Waals surface area (Å²) in [7, 11) is 0. The third kappa shape index (κ3) is 4.45. The van der Waals surface area contributed by atoms with Gasteiger partial charge in [-0.05, 0) is 62.4 Å². The van der Waals surface area contributed by atoms with Gasteiger partial charge in [0.05, 0.1) is 36.2 Å². The van der Waals surface area contributed by atoms with Crippen molar-refractivity contribution in [2.24, 2.45) is 0 Å². The number of anilines is 3. The second-order valence-electron chi connectivity index (χ2n) is 9.59. The fourth-order valence-electron chi connectivity index (χ4n) is 4.84. The first-order valence-electron chi connectivity index (χ1n) is 12.1. The van der Waals surface area contributed by atoms with E-state index in [2.05, 4.69) is 36.7 Å². The summed E-state index contributed by atoms with van der Waals surface area (Å²) in [6.07, 6.45) is 2.48. The van der Waals surface area contributed by atoms with Crippen molar-refractivity contribution in [2.75, 3.05) is 36.9 Å². The van der Waals surface area contributed by atoms with Crippen molar-refractivity contribution in [1.29, 1.82) is 5.26 Å². The average molecular weight is 515 g/mol. The summed E-state index contributed by atoms with van der Waals surface area (Å²) >= 11 is 6.81. The highest BCUT2D eigenvalue weighted by Gasteiger charge is 2.32. The molecule has 1 aromatic carbocycles. The van der Waals surface area contributed by atoms with Crippen molar-refractivity contribution in [1.82, 2.24) is 24.5 Å². The second-order valence-corrected chi connectivity index (χ2v) is 9.97. The van der Waals surface area contributed by atoms with Gasteiger partial charge in [0.1, 0.15) is 6.07 Å². The molecule has 3 aliphatic rings. The average Bonchev–Trinajstić information content (AvgIpc) is 3.55. The lowest BCUT2D eigenvalue weighted by Crippen LogP contribution is -2.51. The second kappa shape index (κ2) is 9.42. The summed E-state index contributed by atoms with van der Waals surface area (Å²) in [5, 5.41) is 20.6. The van der Waals surface area contributed by atoms with Crippen LogP contribution in [0, 0.1) is 11.3 Å². The van der Waals surface area contributed by atoms with Gasteiger partial charge in [-0.1, -0.05) is 11.6 Å². The molecule has 0 spiro atoms. The van der Waals surface area contributed by atoms with Gasteiger partial charge >= 0.3 is 0 Å². The monoisotopic (exact) mass is 514 g/mol. The first kappa shape index (κ1) is 23.3. The van der Waals surface area contributed by atoms with E-state index in [1.54, 1.807) is 0 Å². The molecule has 2 aromatic heterocycles. The zero-order valence-electron chi connectivity index (χ0n) is 19.4. The number of nitrogens with zero attached hydrogens (tertiary/aromatic N) is 6. The number of aromatic nitrogens is 4. The lowest BCUT2D eigenvalue weighted by Gasteiger charge is -2.41. The Kier molecular flexibility index (Phi) is 6.11. The molecule has 1 saturated carbocycles. The topological polar surface area (TPSA) is 103 Å². The number of halogens is 3. The summed E-state index contributed by atoms with van der Waals surface area (Å²) in [5.74, 6) is 0.688. The van der Waals surface area contributed by atoms with Gasteiger partial charge in [-0.25, -0.2) is 13.8 Å². The first-order valence-corrected chi connectivity index (χ1v) is 12.5. The molecule has 0 amide bonds. The SMILES string of the molecule is N#Cc1cnc2c(NC3CC3)nc(Nc3cc(C(F)F)cc(C4CCN(C5COC5)CC4)c3Cl)nn12. The third-order valence-corrected chi connectivity index (χ3v) is 7.54. The fourth-order valence-corrected chi connectivity index (χ4v) is 5.15. The highest BCUT2D eigenvalue weighted by Crippen LogP contribution is 2.41. The molecule has 9 nitrogen and oxygen atoms in total. The molecule has 2 saturated heterocycles. The summed E-state index contributed by atoms with van der Waals surface area (Å²) in [6, 6.07) is 5.68. The summed E-state index contributed by atoms with van der Waals surface area (Å²) < 4.78 is 34.5. The van der Waals surface area contributed by atoms with Crippen LogP contribution in [0.1, 0.15) is 54.8 Å². The molecule has 2 N–H and O–H groups in total. The molecule has 3 aromatic rings. The van der Waals surface area contributed by atoms with Crippen molar-refractivity contribution in [3.05, 3.63) is 40.2 Å². The predicted molar refractivity (Wildman–Crippen MR) is 130 cm³/mol. The lowest BCUT2D eigenvalue weighted by atomic mass is 9.87. The van der Waals surface area contributed by atoms with Gasteiger partial charge < -0.3 is 15.4 Å². The molecular weight excluding hydrogens is 490 g/mol. The minimum Gasteiger partial charge on any atom is -0.378 e. The van der Waals surface area contributed by atoms with Crippen LogP contribution in [0.25, 0.3) is 5.65 Å². The van der Waals surface area contributed by atoms with Gasteiger partial charge in [-0.15, -0.1) is 5.10 Å². The summed E-state index contributed by atoms with van der Waals surface area (Å²) in [6.45, 7) is 3.27. The van der Waals surface area contributed by atoms with Gasteiger partial charge in [0.15, 0.2) is 17.2 Å². The van der Waals surface area contributed by atoms with Crippen LogP contribution in [-0.2, 0) is 4.74 Å². The number of hydrogen-bond acceptors (Lipinski definition) is 8. The number of alkyl halides is 2. The van der Waals surface area contributed by atoms with E-state index in [1.165, 1.54) is 22.8 Å². The van der Waals surface area contributed by atoms with Crippen molar-refractivity contribution in [3.63, 3.8) is 0 Å². The molecule has 2 aliphatic heterocycles. The van der Waals surface area contributed by atoms with Crippen LogP contribution >= 0.6 is 11.6 Å².